The van der Waals surface area contributed by atoms with Gasteiger partial charge in [0.05, 0.1) is 6.04 Å². The summed E-state index contributed by atoms with van der Waals surface area (Å²) in [5.74, 6) is 0.624. The third kappa shape index (κ3) is 3.24. The first-order chi connectivity index (χ1) is 8.22. The average Bonchev–Trinajstić information content (AvgIpc) is 2.64. The number of rotatable bonds is 4. The number of hydrogen-bond acceptors (Lipinski definition) is 2. The number of hydrogen-bond donors (Lipinski definition) is 2. The first-order valence-corrected chi connectivity index (χ1v) is 6.24. The number of benzene rings is 1. The Labute approximate surface area is 115 Å². The molecule has 0 radical (unpaired) electrons. The summed E-state index contributed by atoms with van der Waals surface area (Å²) in [5, 5.41) is 6.13. The quantitative estimate of drug-likeness (QED) is 0.878. The Morgan fingerprint density at radius 1 is 1.39 bits per heavy atom. The number of fused-ring (bicyclic) bond motifs is 1. The van der Waals surface area contributed by atoms with Crippen LogP contribution in [0.15, 0.2) is 24.3 Å². The molecule has 0 aromatic heterocycles. The molecule has 1 aliphatic carbocycles. The third-order valence-electron chi connectivity index (χ3n) is 3.42. The highest BCUT2D eigenvalue weighted by molar-refractivity contribution is 5.85. The van der Waals surface area contributed by atoms with Gasteiger partial charge in [0.1, 0.15) is 0 Å². The van der Waals surface area contributed by atoms with E-state index >= 15 is 0 Å². The van der Waals surface area contributed by atoms with Crippen molar-refractivity contribution >= 4 is 18.3 Å². The minimum Gasteiger partial charge on any atom is -0.349 e. The standard InChI is InChI=1S/C14H20N2O.ClH/c1-10-9-11-5-3-4-6-12(11)14(10)16-13(17)7-8-15-2;/h3-6,10,14-15H,7-9H2,1-2H3,(H,16,17);1H. The molecule has 2 unspecified atom stereocenters. The fourth-order valence-electron chi connectivity index (χ4n) is 2.50. The molecule has 0 spiro atoms. The topological polar surface area (TPSA) is 41.1 Å². The van der Waals surface area contributed by atoms with Crippen LogP contribution in [-0.4, -0.2) is 19.5 Å². The van der Waals surface area contributed by atoms with Crippen molar-refractivity contribution in [2.45, 2.75) is 25.8 Å². The summed E-state index contributed by atoms with van der Waals surface area (Å²) in [6.45, 7) is 2.93. The number of carbonyl (C=O) groups excluding carboxylic acids is 1. The van der Waals surface area contributed by atoms with Crippen molar-refractivity contribution in [1.82, 2.24) is 10.6 Å². The molecule has 0 heterocycles. The zero-order valence-corrected chi connectivity index (χ0v) is 11.7. The maximum Gasteiger partial charge on any atom is 0.221 e. The maximum atomic E-state index is 11.8. The highest BCUT2D eigenvalue weighted by Crippen LogP contribution is 2.35. The van der Waals surface area contributed by atoms with E-state index in [-0.39, 0.29) is 24.4 Å². The van der Waals surface area contributed by atoms with Crippen LogP contribution in [0.4, 0.5) is 0 Å². The van der Waals surface area contributed by atoms with Gasteiger partial charge in [-0.15, -0.1) is 12.4 Å². The Hall–Kier alpha value is -1.06. The smallest absolute Gasteiger partial charge is 0.221 e. The highest BCUT2D eigenvalue weighted by Gasteiger charge is 2.29. The van der Waals surface area contributed by atoms with E-state index in [1.165, 1.54) is 11.1 Å². The third-order valence-corrected chi connectivity index (χ3v) is 3.42. The first kappa shape index (κ1) is 15.0. The number of nitrogens with one attached hydrogen (secondary N) is 2. The molecule has 0 bridgehead atoms. The van der Waals surface area contributed by atoms with Gasteiger partial charge >= 0.3 is 0 Å². The second-order valence-electron chi connectivity index (χ2n) is 4.78. The lowest BCUT2D eigenvalue weighted by Crippen LogP contribution is -2.32. The molecule has 1 aromatic carbocycles. The van der Waals surface area contributed by atoms with Gasteiger partial charge in [0.25, 0.3) is 0 Å². The summed E-state index contributed by atoms with van der Waals surface area (Å²) in [4.78, 5) is 11.8. The van der Waals surface area contributed by atoms with E-state index in [2.05, 4.69) is 35.8 Å². The van der Waals surface area contributed by atoms with Crippen molar-refractivity contribution in [1.29, 1.82) is 0 Å². The van der Waals surface area contributed by atoms with Gasteiger partial charge < -0.3 is 10.6 Å². The van der Waals surface area contributed by atoms with E-state index in [0.29, 0.717) is 12.3 Å². The van der Waals surface area contributed by atoms with Crippen molar-refractivity contribution in [3.8, 4) is 0 Å². The molecule has 0 aliphatic heterocycles. The molecule has 0 saturated carbocycles. The molecule has 2 rings (SSSR count). The first-order valence-electron chi connectivity index (χ1n) is 6.24. The van der Waals surface area contributed by atoms with Crippen LogP contribution in [-0.2, 0) is 11.2 Å². The molecular weight excluding hydrogens is 248 g/mol. The lowest BCUT2D eigenvalue weighted by molar-refractivity contribution is -0.122. The molecule has 1 amide bonds. The maximum absolute atomic E-state index is 11.8. The molecule has 2 N–H and O–H groups in total. The summed E-state index contributed by atoms with van der Waals surface area (Å²) in [6, 6.07) is 8.59. The van der Waals surface area contributed by atoms with Gasteiger partial charge in [-0.25, -0.2) is 0 Å². The lowest BCUT2D eigenvalue weighted by atomic mass is 10.0. The fourth-order valence-corrected chi connectivity index (χ4v) is 2.50. The number of amides is 1. The predicted octanol–water partition coefficient (Wildman–Crippen LogP) is 2.07. The zero-order valence-electron chi connectivity index (χ0n) is 10.9. The van der Waals surface area contributed by atoms with Gasteiger partial charge in [0, 0.05) is 13.0 Å². The van der Waals surface area contributed by atoms with E-state index in [1.807, 2.05) is 13.1 Å². The molecule has 4 heteroatoms. The van der Waals surface area contributed by atoms with Crippen LogP contribution in [0, 0.1) is 5.92 Å². The van der Waals surface area contributed by atoms with Crippen molar-refractivity contribution in [3.63, 3.8) is 0 Å². The normalized spacial score (nSPS) is 21.0. The molecule has 1 aromatic rings. The predicted molar refractivity (Wildman–Crippen MR) is 76.0 cm³/mol. The van der Waals surface area contributed by atoms with Crippen LogP contribution in [0.3, 0.4) is 0 Å². The van der Waals surface area contributed by atoms with Gasteiger partial charge in [-0.1, -0.05) is 31.2 Å². The van der Waals surface area contributed by atoms with Crippen LogP contribution >= 0.6 is 12.4 Å². The summed E-state index contributed by atoms with van der Waals surface area (Å²) in [5.41, 5.74) is 2.66. The molecular formula is C14H21ClN2O. The van der Waals surface area contributed by atoms with Crippen molar-refractivity contribution < 1.29 is 4.79 Å². The Balaban J connectivity index is 0.00000162. The van der Waals surface area contributed by atoms with Gasteiger partial charge in [0.2, 0.25) is 5.91 Å². The fraction of sp³-hybridized carbons (Fsp3) is 0.500. The Kier molecular flexibility index (Phi) is 5.63. The van der Waals surface area contributed by atoms with E-state index in [1.54, 1.807) is 0 Å². The summed E-state index contributed by atoms with van der Waals surface area (Å²) < 4.78 is 0. The van der Waals surface area contributed by atoms with Gasteiger partial charge in [-0.05, 0) is 30.5 Å². The summed E-state index contributed by atoms with van der Waals surface area (Å²) in [6.07, 6.45) is 1.61. The lowest BCUT2D eigenvalue weighted by Gasteiger charge is -2.18. The highest BCUT2D eigenvalue weighted by atomic mass is 35.5. The molecule has 2 atom stereocenters. The van der Waals surface area contributed by atoms with E-state index in [9.17, 15) is 4.79 Å². The monoisotopic (exact) mass is 268 g/mol. The number of carbonyl (C=O) groups is 1. The molecule has 0 saturated heterocycles. The van der Waals surface area contributed by atoms with Crippen LogP contribution in [0.25, 0.3) is 0 Å². The second-order valence-corrected chi connectivity index (χ2v) is 4.78. The molecule has 1 aliphatic rings. The minimum atomic E-state index is 0. The van der Waals surface area contributed by atoms with Crippen LogP contribution in [0.2, 0.25) is 0 Å². The van der Waals surface area contributed by atoms with Crippen molar-refractivity contribution in [2.24, 2.45) is 5.92 Å². The van der Waals surface area contributed by atoms with Crippen molar-refractivity contribution in [2.75, 3.05) is 13.6 Å². The molecule has 18 heavy (non-hydrogen) atoms. The van der Waals surface area contributed by atoms with Crippen LogP contribution < -0.4 is 10.6 Å². The zero-order chi connectivity index (χ0) is 12.3. The minimum absolute atomic E-state index is 0. The van der Waals surface area contributed by atoms with Gasteiger partial charge in [-0.2, -0.15) is 0 Å². The van der Waals surface area contributed by atoms with E-state index < -0.39 is 0 Å². The molecule has 3 nitrogen and oxygen atoms in total. The Morgan fingerprint density at radius 3 is 2.83 bits per heavy atom. The van der Waals surface area contributed by atoms with Gasteiger partial charge in [0.15, 0.2) is 0 Å². The van der Waals surface area contributed by atoms with Gasteiger partial charge in [-0.3, -0.25) is 4.79 Å². The second kappa shape index (κ2) is 6.76. The summed E-state index contributed by atoms with van der Waals surface area (Å²) >= 11 is 0. The SMILES string of the molecule is CNCCC(=O)NC1c2ccccc2CC1C.Cl. The molecule has 100 valence electrons. The van der Waals surface area contributed by atoms with E-state index in [4.69, 9.17) is 0 Å². The van der Waals surface area contributed by atoms with E-state index in [0.717, 1.165) is 13.0 Å². The number of halogens is 1. The van der Waals surface area contributed by atoms with Crippen LogP contribution in [0.5, 0.6) is 0 Å². The van der Waals surface area contributed by atoms with Crippen molar-refractivity contribution in [3.05, 3.63) is 35.4 Å². The molecule has 0 fully saturated rings. The Morgan fingerprint density at radius 2 is 2.11 bits per heavy atom. The largest absolute Gasteiger partial charge is 0.349 e. The Bertz CT molecular complexity index is 409. The van der Waals surface area contributed by atoms with Crippen LogP contribution in [0.1, 0.15) is 30.5 Å². The average molecular weight is 269 g/mol. The summed E-state index contributed by atoms with van der Waals surface area (Å²) in [7, 11) is 1.86.